The van der Waals surface area contributed by atoms with Crippen LogP contribution in [0.2, 0.25) is 0 Å². The van der Waals surface area contributed by atoms with Crippen molar-refractivity contribution in [2.24, 2.45) is 0 Å². The Labute approximate surface area is 87.8 Å². The monoisotopic (exact) mass is 203 g/mol. The Kier molecular flexibility index (Phi) is 4.15. The zero-order chi connectivity index (χ0) is 8.93. The average molecular weight is 203 g/mol. The van der Waals surface area contributed by atoms with Gasteiger partial charge in [0.15, 0.2) is 0 Å². The first-order chi connectivity index (χ1) is 6.45. The van der Waals surface area contributed by atoms with Crippen LogP contribution in [0.1, 0.15) is 0 Å². The maximum absolute atomic E-state index is 3.30. The molecule has 0 bridgehead atoms. The molecule has 0 heterocycles. The van der Waals surface area contributed by atoms with Gasteiger partial charge in [0.1, 0.15) is 0 Å². The van der Waals surface area contributed by atoms with Crippen molar-refractivity contribution in [2.75, 3.05) is 5.32 Å². The molecule has 2 aromatic rings. The summed E-state index contributed by atoms with van der Waals surface area (Å²) >= 11 is 0. The molecule has 1 atom stereocenters. The van der Waals surface area contributed by atoms with Crippen LogP contribution in [0, 0.1) is 0 Å². The van der Waals surface area contributed by atoms with Gasteiger partial charge < -0.3 is 5.32 Å². The lowest BCUT2D eigenvalue weighted by atomic mass is 10.3. The molecule has 0 aliphatic carbocycles. The quantitative estimate of drug-likeness (QED) is 0.737. The van der Waals surface area contributed by atoms with Crippen LogP contribution in [0.5, 0.6) is 0 Å². The summed E-state index contributed by atoms with van der Waals surface area (Å²) in [7, 11) is 0. The fraction of sp³-hybridized carbons (Fsp3) is 0. The lowest BCUT2D eigenvalue weighted by molar-refractivity contribution is 1.55. The van der Waals surface area contributed by atoms with E-state index in [0.29, 0.717) is 0 Å². The predicted octanol–water partition coefficient (Wildman–Crippen LogP) is 3.49. The van der Waals surface area contributed by atoms with Gasteiger partial charge in [0.05, 0.1) is 0 Å². The summed E-state index contributed by atoms with van der Waals surface area (Å²) in [5, 5.41) is 3.30. The first kappa shape index (κ1) is 10.7. The average Bonchev–Trinajstić information content (AvgIpc) is 2.21. The highest BCUT2D eigenvalue weighted by molar-refractivity contribution is 6.92. The van der Waals surface area contributed by atoms with Crippen molar-refractivity contribution in [3.8, 4) is 0 Å². The predicted molar refractivity (Wildman–Crippen MR) is 67.3 cm³/mol. The summed E-state index contributed by atoms with van der Waals surface area (Å²) in [5.74, 6) is 0. The van der Waals surface area contributed by atoms with E-state index in [2.05, 4.69) is 5.32 Å². The second kappa shape index (κ2) is 5.41. The highest BCUT2D eigenvalue weighted by Crippen LogP contribution is 2.14. The van der Waals surface area contributed by atoms with Crippen LogP contribution < -0.4 is 5.32 Å². The molecule has 0 saturated carbocycles. The topological polar surface area (TPSA) is 12.0 Å². The van der Waals surface area contributed by atoms with Crippen LogP contribution in [0.4, 0.5) is 11.4 Å². The lowest BCUT2D eigenvalue weighted by Gasteiger charge is -2.04. The van der Waals surface area contributed by atoms with Crippen LogP contribution in [0.25, 0.3) is 0 Å². The maximum atomic E-state index is 3.30. The minimum atomic E-state index is 0. The molecule has 2 rings (SSSR count). The van der Waals surface area contributed by atoms with Gasteiger partial charge in [0.2, 0.25) is 0 Å². The number of nitrogens with one attached hydrogen (secondary N) is 1. The maximum Gasteiger partial charge on any atom is 0.0384 e. The molecule has 2 aromatic carbocycles. The Morgan fingerprint density at radius 1 is 0.571 bits per heavy atom. The van der Waals surface area contributed by atoms with Crippen LogP contribution >= 0.6 is 9.90 Å². The number of rotatable bonds is 2. The number of benzene rings is 2. The smallest absolute Gasteiger partial charge is 0.0384 e. The number of hydrogen-bond acceptors (Lipinski definition) is 1. The molecule has 0 aromatic heterocycles. The molecule has 0 aliphatic rings. The molecule has 72 valence electrons. The molecule has 0 aliphatic heterocycles. The van der Waals surface area contributed by atoms with Crippen molar-refractivity contribution in [3.63, 3.8) is 0 Å². The van der Waals surface area contributed by atoms with E-state index in [-0.39, 0.29) is 9.90 Å². The summed E-state index contributed by atoms with van der Waals surface area (Å²) in [6.07, 6.45) is 0. The zero-order valence-electron chi connectivity index (χ0n) is 7.98. The lowest BCUT2D eigenvalue weighted by Crippen LogP contribution is -1.87. The van der Waals surface area contributed by atoms with E-state index < -0.39 is 0 Å². The zero-order valence-corrected chi connectivity index (χ0v) is 9.39. The molecule has 1 unspecified atom stereocenters. The second-order valence-electron chi connectivity index (χ2n) is 2.86. The first-order valence-electron chi connectivity index (χ1n) is 4.32. The number of anilines is 2. The summed E-state index contributed by atoms with van der Waals surface area (Å²) in [4.78, 5) is 0. The van der Waals surface area contributed by atoms with Crippen molar-refractivity contribution >= 4 is 21.3 Å². The normalized spacial score (nSPS) is 8.86. The van der Waals surface area contributed by atoms with E-state index in [1.807, 2.05) is 60.7 Å². The molecule has 0 saturated heterocycles. The molecule has 1 N–H and O–H groups in total. The Morgan fingerprint density at radius 2 is 0.929 bits per heavy atom. The molecule has 0 spiro atoms. The fourth-order valence-corrected chi connectivity index (χ4v) is 1.21. The highest BCUT2D eigenvalue weighted by atomic mass is 31.0. The Hall–Kier alpha value is -1.33. The minimum absolute atomic E-state index is 0. The summed E-state index contributed by atoms with van der Waals surface area (Å²) in [6, 6.07) is 20.3. The number of hydrogen-bond donors (Lipinski definition) is 1. The summed E-state index contributed by atoms with van der Waals surface area (Å²) in [5.41, 5.74) is 2.24. The van der Waals surface area contributed by atoms with Crippen LogP contribution in [-0.4, -0.2) is 0 Å². The van der Waals surface area contributed by atoms with Crippen molar-refractivity contribution < 1.29 is 0 Å². The van der Waals surface area contributed by atoms with E-state index >= 15 is 0 Å². The molecule has 0 amide bonds. The van der Waals surface area contributed by atoms with Crippen molar-refractivity contribution in [2.45, 2.75) is 0 Å². The van der Waals surface area contributed by atoms with E-state index in [0.717, 1.165) is 11.4 Å². The highest BCUT2D eigenvalue weighted by Gasteiger charge is 1.89. The van der Waals surface area contributed by atoms with E-state index in [9.17, 15) is 0 Å². The molecular formula is C12H14NP. The first-order valence-corrected chi connectivity index (χ1v) is 4.32. The van der Waals surface area contributed by atoms with Gasteiger partial charge in [-0.05, 0) is 24.3 Å². The van der Waals surface area contributed by atoms with Gasteiger partial charge in [-0.3, -0.25) is 0 Å². The van der Waals surface area contributed by atoms with E-state index in [1.54, 1.807) is 0 Å². The van der Waals surface area contributed by atoms with E-state index in [4.69, 9.17) is 0 Å². The Morgan fingerprint density at radius 3 is 1.29 bits per heavy atom. The summed E-state index contributed by atoms with van der Waals surface area (Å²) in [6.45, 7) is 0. The van der Waals surface area contributed by atoms with Gasteiger partial charge in [-0.2, -0.15) is 9.90 Å². The molecule has 0 radical (unpaired) electrons. The second-order valence-corrected chi connectivity index (χ2v) is 2.86. The van der Waals surface area contributed by atoms with E-state index in [1.165, 1.54) is 0 Å². The third kappa shape index (κ3) is 2.86. The molecular weight excluding hydrogens is 189 g/mol. The molecule has 0 fully saturated rings. The van der Waals surface area contributed by atoms with Crippen molar-refractivity contribution in [1.82, 2.24) is 0 Å². The van der Waals surface area contributed by atoms with Gasteiger partial charge in [-0.15, -0.1) is 0 Å². The van der Waals surface area contributed by atoms with Crippen LogP contribution in [0.15, 0.2) is 60.7 Å². The molecule has 14 heavy (non-hydrogen) atoms. The Balaban J connectivity index is 0.000000980. The van der Waals surface area contributed by atoms with Gasteiger partial charge in [-0.1, -0.05) is 36.4 Å². The van der Waals surface area contributed by atoms with Crippen LogP contribution in [0.3, 0.4) is 0 Å². The SMILES string of the molecule is P.c1ccc(Nc2ccccc2)cc1. The number of para-hydroxylation sites is 2. The third-order valence-corrected chi connectivity index (χ3v) is 1.84. The molecule has 2 heteroatoms. The van der Waals surface area contributed by atoms with Crippen molar-refractivity contribution in [3.05, 3.63) is 60.7 Å². The Bertz CT molecular complexity index is 321. The largest absolute Gasteiger partial charge is 0.356 e. The fourth-order valence-electron chi connectivity index (χ4n) is 1.21. The van der Waals surface area contributed by atoms with Crippen LogP contribution in [-0.2, 0) is 0 Å². The van der Waals surface area contributed by atoms with Gasteiger partial charge in [0, 0.05) is 11.4 Å². The minimum Gasteiger partial charge on any atom is -0.356 e. The van der Waals surface area contributed by atoms with Gasteiger partial charge in [0.25, 0.3) is 0 Å². The van der Waals surface area contributed by atoms with Crippen molar-refractivity contribution in [1.29, 1.82) is 0 Å². The van der Waals surface area contributed by atoms with Gasteiger partial charge >= 0.3 is 0 Å². The van der Waals surface area contributed by atoms with Gasteiger partial charge in [-0.25, -0.2) is 0 Å². The standard InChI is InChI=1S/C12H11N.H3P/c1-3-7-11(8-4-1)13-12-9-5-2-6-10-12;/h1-10,13H;1H3. The third-order valence-electron chi connectivity index (χ3n) is 1.84. The summed E-state index contributed by atoms with van der Waals surface area (Å²) < 4.78 is 0. The molecule has 1 nitrogen and oxygen atoms in total.